The van der Waals surface area contributed by atoms with E-state index in [2.05, 4.69) is 4.72 Å². The number of hydrogen-bond donors (Lipinski definition) is 1. The maximum Gasteiger partial charge on any atom is 0.265 e. The maximum atomic E-state index is 12.7. The van der Waals surface area contributed by atoms with Crippen LogP contribution in [0.3, 0.4) is 0 Å². The Morgan fingerprint density at radius 1 is 0.963 bits per heavy atom. The SMILES string of the molecule is COc1ccc(Cl)cc1S(=O)(=O)Nc1cccc(OCc2ccccc2)c1. The second-order valence-electron chi connectivity index (χ2n) is 5.70. The second kappa shape index (κ2) is 8.33. The molecule has 0 aromatic heterocycles. The molecule has 0 fully saturated rings. The Labute approximate surface area is 163 Å². The molecule has 0 atom stereocenters. The van der Waals surface area contributed by atoms with Gasteiger partial charge in [-0.05, 0) is 35.9 Å². The molecule has 1 N–H and O–H groups in total. The van der Waals surface area contributed by atoms with Gasteiger partial charge in [0.25, 0.3) is 10.0 Å². The van der Waals surface area contributed by atoms with E-state index in [1.807, 2.05) is 30.3 Å². The van der Waals surface area contributed by atoms with Gasteiger partial charge in [0, 0.05) is 11.1 Å². The molecule has 0 spiro atoms. The lowest BCUT2D eigenvalue weighted by atomic mass is 10.2. The van der Waals surface area contributed by atoms with Crippen LogP contribution in [0.5, 0.6) is 11.5 Å². The zero-order valence-corrected chi connectivity index (χ0v) is 16.1. The van der Waals surface area contributed by atoms with E-state index in [0.29, 0.717) is 23.1 Å². The molecule has 3 aromatic rings. The number of rotatable bonds is 7. The number of nitrogens with one attached hydrogen (secondary N) is 1. The van der Waals surface area contributed by atoms with Gasteiger partial charge in [-0.2, -0.15) is 0 Å². The Balaban J connectivity index is 1.78. The molecular weight excluding hydrogens is 386 g/mol. The summed E-state index contributed by atoms with van der Waals surface area (Å²) >= 11 is 5.94. The van der Waals surface area contributed by atoms with Crippen LogP contribution in [0.1, 0.15) is 5.56 Å². The van der Waals surface area contributed by atoms with Crippen molar-refractivity contribution in [1.29, 1.82) is 0 Å². The number of sulfonamides is 1. The first-order valence-electron chi connectivity index (χ1n) is 8.11. The van der Waals surface area contributed by atoms with Crippen molar-refractivity contribution in [3.8, 4) is 11.5 Å². The van der Waals surface area contributed by atoms with Gasteiger partial charge < -0.3 is 9.47 Å². The molecule has 0 saturated carbocycles. The van der Waals surface area contributed by atoms with E-state index in [4.69, 9.17) is 21.1 Å². The summed E-state index contributed by atoms with van der Waals surface area (Å²) in [5.74, 6) is 0.764. The average molecular weight is 404 g/mol. The molecule has 0 saturated heterocycles. The van der Waals surface area contributed by atoms with E-state index in [0.717, 1.165) is 5.56 Å². The molecule has 0 heterocycles. The number of methoxy groups -OCH3 is 1. The topological polar surface area (TPSA) is 64.6 Å². The zero-order valence-electron chi connectivity index (χ0n) is 14.6. The molecule has 7 heteroatoms. The van der Waals surface area contributed by atoms with Gasteiger partial charge in [-0.1, -0.05) is 48.0 Å². The summed E-state index contributed by atoms with van der Waals surface area (Å²) in [5.41, 5.74) is 1.40. The van der Waals surface area contributed by atoms with Crippen molar-refractivity contribution < 1.29 is 17.9 Å². The fourth-order valence-corrected chi connectivity index (χ4v) is 3.94. The normalized spacial score (nSPS) is 11.0. The first kappa shape index (κ1) is 19.1. The molecule has 5 nitrogen and oxygen atoms in total. The quantitative estimate of drug-likeness (QED) is 0.619. The van der Waals surface area contributed by atoms with Gasteiger partial charge in [0.2, 0.25) is 0 Å². The number of benzene rings is 3. The Morgan fingerprint density at radius 2 is 1.74 bits per heavy atom. The zero-order chi connectivity index (χ0) is 19.3. The van der Waals surface area contributed by atoms with Gasteiger partial charge in [-0.15, -0.1) is 0 Å². The Kier molecular flexibility index (Phi) is 5.88. The van der Waals surface area contributed by atoms with Crippen molar-refractivity contribution in [2.24, 2.45) is 0 Å². The molecule has 3 rings (SSSR count). The molecule has 0 unspecified atom stereocenters. The van der Waals surface area contributed by atoms with Gasteiger partial charge >= 0.3 is 0 Å². The van der Waals surface area contributed by atoms with Crippen LogP contribution in [-0.4, -0.2) is 15.5 Å². The van der Waals surface area contributed by atoms with Crippen LogP contribution in [0.15, 0.2) is 77.7 Å². The third-order valence-electron chi connectivity index (χ3n) is 3.75. The third-order valence-corrected chi connectivity index (χ3v) is 5.39. The Morgan fingerprint density at radius 3 is 2.48 bits per heavy atom. The summed E-state index contributed by atoms with van der Waals surface area (Å²) in [6.45, 7) is 0.388. The minimum Gasteiger partial charge on any atom is -0.495 e. The van der Waals surface area contributed by atoms with Crippen LogP contribution >= 0.6 is 11.6 Å². The molecule has 27 heavy (non-hydrogen) atoms. The van der Waals surface area contributed by atoms with Crippen LogP contribution in [-0.2, 0) is 16.6 Å². The molecule has 0 amide bonds. The van der Waals surface area contributed by atoms with E-state index in [-0.39, 0.29) is 10.6 Å². The highest BCUT2D eigenvalue weighted by Crippen LogP contribution is 2.29. The van der Waals surface area contributed by atoms with E-state index in [9.17, 15) is 8.42 Å². The highest BCUT2D eigenvalue weighted by molar-refractivity contribution is 7.92. The van der Waals surface area contributed by atoms with Gasteiger partial charge in [0.15, 0.2) is 0 Å². The summed E-state index contributed by atoms with van der Waals surface area (Å²) < 4.78 is 38.9. The van der Waals surface area contributed by atoms with Crippen LogP contribution in [0.4, 0.5) is 5.69 Å². The average Bonchev–Trinajstić information content (AvgIpc) is 2.67. The maximum absolute atomic E-state index is 12.7. The lowest BCUT2D eigenvalue weighted by molar-refractivity contribution is 0.306. The Hall–Kier alpha value is -2.70. The molecule has 0 aliphatic rings. The number of ether oxygens (including phenoxy) is 2. The molecule has 0 bridgehead atoms. The van der Waals surface area contributed by atoms with Crippen LogP contribution in [0.25, 0.3) is 0 Å². The van der Waals surface area contributed by atoms with Crippen LogP contribution < -0.4 is 14.2 Å². The van der Waals surface area contributed by atoms with Crippen molar-refractivity contribution in [3.63, 3.8) is 0 Å². The van der Waals surface area contributed by atoms with E-state index >= 15 is 0 Å². The van der Waals surface area contributed by atoms with E-state index in [1.54, 1.807) is 30.3 Å². The predicted octanol–water partition coefficient (Wildman–Crippen LogP) is 4.73. The van der Waals surface area contributed by atoms with Crippen molar-refractivity contribution in [2.45, 2.75) is 11.5 Å². The molecule has 0 aliphatic carbocycles. The number of halogens is 1. The number of anilines is 1. The summed E-state index contributed by atoms with van der Waals surface area (Å²) in [6.07, 6.45) is 0. The van der Waals surface area contributed by atoms with E-state index < -0.39 is 10.0 Å². The minimum atomic E-state index is -3.88. The van der Waals surface area contributed by atoms with Crippen molar-refractivity contribution in [1.82, 2.24) is 0 Å². The van der Waals surface area contributed by atoms with Crippen LogP contribution in [0, 0.1) is 0 Å². The first-order chi connectivity index (χ1) is 13.0. The lowest BCUT2D eigenvalue weighted by Crippen LogP contribution is -2.14. The van der Waals surface area contributed by atoms with Crippen molar-refractivity contribution in [3.05, 3.63) is 83.4 Å². The first-order valence-corrected chi connectivity index (χ1v) is 9.97. The molecule has 0 aliphatic heterocycles. The highest BCUT2D eigenvalue weighted by Gasteiger charge is 2.20. The third kappa shape index (κ3) is 4.93. The van der Waals surface area contributed by atoms with Gasteiger partial charge in [-0.25, -0.2) is 8.42 Å². The fraction of sp³-hybridized carbons (Fsp3) is 0.100. The summed E-state index contributed by atoms with van der Waals surface area (Å²) in [7, 11) is -2.47. The largest absolute Gasteiger partial charge is 0.495 e. The highest BCUT2D eigenvalue weighted by atomic mass is 35.5. The summed E-state index contributed by atoms with van der Waals surface area (Å²) in [6, 6.07) is 20.9. The van der Waals surface area contributed by atoms with Gasteiger partial charge in [0.1, 0.15) is 23.0 Å². The van der Waals surface area contributed by atoms with Crippen molar-refractivity contribution in [2.75, 3.05) is 11.8 Å². The van der Waals surface area contributed by atoms with Gasteiger partial charge in [-0.3, -0.25) is 4.72 Å². The molecular formula is C20H18ClNO4S. The lowest BCUT2D eigenvalue weighted by Gasteiger charge is -2.13. The molecule has 3 aromatic carbocycles. The standard InChI is InChI=1S/C20H18ClNO4S/c1-25-19-11-10-16(21)12-20(19)27(23,24)22-17-8-5-9-18(13-17)26-14-15-6-3-2-4-7-15/h2-13,22H,14H2,1H3. The van der Waals surface area contributed by atoms with Crippen LogP contribution in [0.2, 0.25) is 5.02 Å². The number of hydrogen-bond acceptors (Lipinski definition) is 4. The fourth-order valence-electron chi connectivity index (χ4n) is 2.46. The van der Waals surface area contributed by atoms with E-state index in [1.165, 1.54) is 19.2 Å². The second-order valence-corrected chi connectivity index (χ2v) is 7.79. The summed E-state index contributed by atoms with van der Waals surface area (Å²) in [4.78, 5) is -0.0342. The smallest absolute Gasteiger partial charge is 0.265 e. The molecule has 0 radical (unpaired) electrons. The minimum absolute atomic E-state index is 0.0342. The summed E-state index contributed by atoms with van der Waals surface area (Å²) in [5, 5.41) is 0.302. The predicted molar refractivity (Wildman–Crippen MR) is 106 cm³/mol. The van der Waals surface area contributed by atoms with Crippen molar-refractivity contribution >= 4 is 27.3 Å². The molecule has 140 valence electrons. The Bertz CT molecular complexity index is 1020. The monoisotopic (exact) mass is 403 g/mol. The van der Waals surface area contributed by atoms with Gasteiger partial charge in [0.05, 0.1) is 12.8 Å².